The number of anilines is 1. The molecule has 29 heavy (non-hydrogen) atoms. The summed E-state index contributed by atoms with van der Waals surface area (Å²) >= 11 is 0. The van der Waals surface area contributed by atoms with E-state index in [9.17, 15) is 0 Å². The summed E-state index contributed by atoms with van der Waals surface area (Å²) in [5.74, 6) is 1.63. The molecular weight excluding hydrogens is 362 g/mol. The summed E-state index contributed by atoms with van der Waals surface area (Å²) in [6.07, 6.45) is 11.9. The zero-order valence-electron chi connectivity index (χ0n) is 18.3. The molecule has 0 amide bonds. The number of nitrogens with zero attached hydrogens (tertiary/aromatic N) is 7. The number of hydrogen-bond donors (Lipinski definition) is 0. The molecule has 0 spiro atoms. The molecular formula is C22H35N7. The molecule has 2 aliphatic heterocycles. The average Bonchev–Trinajstić information content (AvgIpc) is 3.23. The molecule has 2 fully saturated rings. The Bertz CT molecular complexity index is 769. The van der Waals surface area contributed by atoms with Gasteiger partial charge in [0.2, 0.25) is 5.95 Å². The van der Waals surface area contributed by atoms with E-state index in [-0.39, 0.29) is 0 Å². The highest BCUT2D eigenvalue weighted by Crippen LogP contribution is 2.33. The first-order chi connectivity index (χ1) is 14.0. The van der Waals surface area contributed by atoms with Crippen LogP contribution in [0.2, 0.25) is 0 Å². The lowest BCUT2D eigenvalue weighted by molar-refractivity contribution is 0.176. The molecule has 2 aromatic heterocycles. The minimum absolute atomic E-state index is 0.547. The number of fused-ring (bicyclic) bond motifs is 2. The number of rotatable bonds is 8. The van der Waals surface area contributed by atoms with Crippen molar-refractivity contribution < 1.29 is 0 Å². The molecule has 7 heteroatoms. The highest BCUT2D eigenvalue weighted by molar-refractivity contribution is 5.37. The fourth-order valence-corrected chi connectivity index (χ4v) is 4.66. The summed E-state index contributed by atoms with van der Waals surface area (Å²) in [5, 5.41) is 8.58. The summed E-state index contributed by atoms with van der Waals surface area (Å²) in [5.41, 5.74) is 2.14. The van der Waals surface area contributed by atoms with Crippen LogP contribution in [0.3, 0.4) is 0 Å². The van der Waals surface area contributed by atoms with Crippen molar-refractivity contribution in [1.29, 1.82) is 0 Å². The lowest BCUT2D eigenvalue weighted by atomic mass is 10.1. The Morgan fingerprint density at radius 1 is 1.03 bits per heavy atom. The van der Waals surface area contributed by atoms with E-state index in [1.807, 2.05) is 17.1 Å². The van der Waals surface area contributed by atoms with Gasteiger partial charge in [-0.2, -0.15) is 0 Å². The van der Waals surface area contributed by atoms with Crippen LogP contribution in [0.1, 0.15) is 64.6 Å². The van der Waals surface area contributed by atoms with E-state index in [1.165, 1.54) is 25.7 Å². The molecule has 158 valence electrons. The SMILES string of the molecule is CC(C)CCCc1cn(Cc2cnc(N3C4CCC3CN(C(C)C)C4)nc2)nn1. The molecule has 4 heterocycles. The highest BCUT2D eigenvalue weighted by atomic mass is 15.4. The summed E-state index contributed by atoms with van der Waals surface area (Å²) in [4.78, 5) is 14.5. The fourth-order valence-electron chi connectivity index (χ4n) is 4.66. The predicted octanol–water partition coefficient (Wildman–Crippen LogP) is 3.16. The molecule has 7 nitrogen and oxygen atoms in total. The number of likely N-dealkylation sites (tertiary alicyclic amines) is 1. The van der Waals surface area contributed by atoms with Gasteiger partial charge >= 0.3 is 0 Å². The normalized spacial score (nSPS) is 22.2. The van der Waals surface area contributed by atoms with E-state index >= 15 is 0 Å². The molecule has 4 rings (SSSR count). The fraction of sp³-hybridized carbons (Fsp3) is 0.727. The average molecular weight is 398 g/mol. The Kier molecular flexibility index (Phi) is 6.13. The topological polar surface area (TPSA) is 63.0 Å². The smallest absolute Gasteiger partial charge is 0.225 e. The van der Waals surface area contributed by atoms with E-state index < -0.39 is 0 Å². The number of aryl methyl sites for hydroxylation is 1. The van der Waals surface area contributed by atoms with Gasteiger partial charge < -0.3 is 4.90 Å². The number of aromatic nitrogens is 5. The van der Waals surface area contributed by atoms with E-state index in [2.05, 4.69) is 54.0 Å². The second-order valence-corrected chi connectivity index (χ2v) is 9.42. The maximum Gasteiger partial charge on any atom is 0.225 e. The third-order valence-electron chi connectivity index (χ3n) is 6.31. The van der Waals surface area contributed by atoms with Crippen LogP contribution in [-0.2, 0) is 13.0 Å². The van der Waals surface area contributed by atoms with Crippen molar-refractivity contribution in [2.45, 2.75) is 84.5 Å². The van der Waals surface area contributed by atoms with Gasteiger partial charge in [0, 0.05) is 55.4 Å². The lowest BCUT2D eigenvalue weighted by Crippen LogP contribution is -2.56. The van der Waals surface area contributed by atoms with Crippen molar-refractivity contribution in [2.75, 3.05) is 18.0 Å². The molecule has 2 aliphatic rings. The third-order valence-corrected chi connectivity index (χ3v) is 6.31. The van der Waals surface area contributed by atoms with Crippen LogP contribution in [0.4, 0.5) is 5.95 Å². The quantitative estimate of drug-likeness (QED) is 0.682. The van der Waals surface area contributed by atoms with Gasteiger partial charge in [-0.25, -0.2) is 14.6 Å². The summed E-state index contributed by atoms with van der Waals surface area (Å²) < 4.78 is 1.90. The minimum Gasteiger partial charge on any atom is -0.332 e. The Morgan fingerprint density at radius 3 is 2.34 bits per heavy atom. The third kappa shape index (κ3) is 4.77. The number of piperazine rings is 1. The highest BCUT2D eigenvalue weighted by Gasteiger charge is 2.41. The number of hydrogen-bond acceptors (Lipinski definition) is 6. The molecule has 0 saturated carbocycles. The first-order valence-electron chi connectivity index (χ1n) is 11.2. The monoisotopic (exact) mass is 397 g/mol. The maximum absolute atomic E-state index is 4.72. The molecule has 0 aliphatic carbocycles. The minimum atomic E-state index is 0.547. The van der Waals surface area contributed by atoms with Gasteiger partial charge in [-0.1, -0.05) is 25.5 Å². The van der Waals surface area contributed by atoms with Crippen LogP contribution in [-0.4, -0.2) is 61.1 Å². The Hall–Kier alpha value is -2.02. The second kappa shape index (κ2) is 8.78. The van der Waals surface area contributed by atoms with Gasteiger partial charge in [0.15, 0.2) is 0 Å². The van der Waals surface area contributed by atoms with E-state index in [0.717, 1.165) is 42.6 Å². The van der Waals surface area contributed by atoms with E-state index in [0.29, 0.717) is 24.7 Å². The Balaban J connectivity index is 1.35. The zero-order valence-corrected chi connectivity index (χ0v) is 18.3. The molecule has 0 aromatic carbocycles. The van der Waals surface area contributed by atoms with E-state index in [1.54, 1.807) is 0 Å². The predicted molar refractivity (Wildman–Crippen MR) is 115 cm³/mol. The van der Waals surface area contributed by atoms with Gasteiger partial charge in [-0.3, -0.25) is 4.90 Å². The molecule has 2 saturated heterocycles. The van der Waals surface area contributed by atoms with Gasteiger partial charge in [0.25, 0.3) is 0 Å². The van der Waals surface area contributed by atoms with Gasteiger partial charge in [-0.05, 0) is 45.4 Å². The van der Waals surface area contributed by atoms with Crippen molar-refractivity contribution in [2.24, 2.45) is 5.92 Å². The van der Waals surface area contributed by atoms with Crippen molar-refractivity contribution >= 4 is 5.95 Å². The molecule has 2 bridgehead atoms. The lowest BCUT2D eigenvalue weighted by Gasteiger charge is -2.42. The van der Waals surface area contributed by atoms with Gasteiger partial charge in [0.1, 0.15) is 0 Å². The van der Waals surface area contributed by atoms with Crippen molar-refractivity contribution in [3.8, 4) is 0 Å². The van der Waals surface area contributed by atoms with Gasteiger partial charge in [-0.15, -0.1) is 5.10 Å². The summed E-state index contributed by atoms with van der Waals surface area (Å²) in [7, 11) is 0. The molecule has 0 N–H and O–H groups in total. The molecule has 0 radical (unpaired) electrons. The van der Waals surface area contributed by atoms with Crippen molar-refractivity contribution in [3.05, 3.63) is 29.8 Å². The van der Waals surface area contributed by atoms with Gasteiger partial charge in [0.05, 0.1) is 12.2 Å². The second-order valence-electron chi connectivity index (χ2n) is 9.42. The van der Waals surface area contributed by atoms with E-state index in [4.69, 9.17) is 9.97 Å². The zero-order chi connectivity index (χ0) is 20.4. The molecule has 2 unspecified atom stereocenters. The molecule has 2 atom stereocenters. The first kappa shape index (κ1) is 20.3. The summed E-state index contributed by atoms with van der Waals surface area (Å²) in [6.45, 7) is 12.0. The van der Waals surface area contributed by atoms with Crippen LogP contribution < -0.4 is 4.90 Å². The van der Waals surface area contributed by atoms with Crippen molar-refractivity contribution in [3.63, 3.8) is 0 Å². The Labute approximate surface area is 174 Å². The van der Waals surface area contributed by atoms with Crippen LogP contribution in [0, 0.1) is 5.92 Å². The largest absolute Gasteiger partial charge is 0.332 e. The summed E-state index contributed by atoms with van der Waals surface area (Å²) in [6, 6.07) is 1.71. The Morgan fingerprint density at radius 2 is 1.72 bits per heavy atom. The van der Waals surface area contributed by atoms with Crippen LogP contribution >= 0.6 is 0 Å². The van der Waals surface area contributed by atoms with Crippen LogP contribution in [0.5, 0.6) is 0 Å². The van der Waals surface area contributed by atoms with Crippen molar-refractivity contribution in [1.82, 2.24) is 29.9 Å². The van der Waals surface area contributed by atoms with Crippen LogP contribution in [0.15, 0.2) is 18.6 Å². The molecule has 2 aromatic rings. The van der Waals surface area contributed by atoms with Crippen LogP contribution in [0.25, 0.3) is 0 Å². The standard InChI is InChI=1S/C22H35N7/c1-16(2)6-5-7-19-13-28(26-25-19)12-18-10-23-22(24-11-18)29-20-8-9-21(29)15-27(14-20)17(3)4/h10-11,13,16-17,20-21H,5-9,12,14-15H2,1-4H3. The first-order valence-corrected chi connectivity index (χ1v) is 11.2. The maximum atomic E-state index is 4.72.